The maximum absolute atomic E-state index is 12.0. The maximum atomic E-state index is 12.0. The lowest BCUT2D eigenvalue weighted by molar-refractivity contribution is -0.163. The van der Waals surface area contributed by atoms with E-state index in [-0.39, 0.29) is 17.5 Å². The quantitative estimate of drug-likeness (QED) is 0.625. The van der Waals surface area contributed by atoms with Gasteiger partial charge in [-0.05, 0) is 32.6 Å². The van der Waals surface area contributed by atoms with Crippen LogP contribution in [0.5, 0.6) is 0 Å². The van der Waals surface area contributed by atoms with Gasteiger partial charge in [0, 0.05) is 0 Å². The van der Waals surface area contributed by atoms with E-state index in [2.05, 4.69) is 20.8 Å². The van der Waals surface area contributed by atoms with E-state index in [1.54, 1.807) is 0 Å². The van der Waals surface area contributed by atoms with Gasteiger partial charge in [0.05, 0.1) is 5.41 Å². The molecule has 0 aliphatic heterocycles. The van der Waals surface area contributed by atoms with Gasteiger partial charge in [-0.25, -0.2) is 0 Å². The predicted molar refractivity (Wildman–Crippen MR) is 84.3 cm³/mol. The first-order valence-electron chi connectivity index (χ1n) is 8.17. The standard InChI is InChI=1S/C13H24O2.2C2H6/c1-10(2)11(3)15-12(14)13(4)8-6-5-7-9-13;2*1-2/h10-11H,5-9H2,1-4H3;2*1-2H3. The summed E-state index contributed by atoms with van der Waals surface area (Å²) in [6.45, 7) is 16.2. The van der Waals surface area contributed by atoms with Crippen molar-refractivity contribution in [3.63, 3.8) is 0 Å². The molecule has 0 aromatic rings. The van der Waals surface area contributed by atoms with Crippen molar-refractivity contribution < 1.29 is 9.53 Å². The number of carbonyl (C=O) groups is 1. The molecule has 0 saturated heterocycles. The van der Waals surface area contributed by atoms with Crippen molar-refractivity contribution in [3.8, 4) is 0 Å². The number of hydrogen-bond donors (Lipinski definition) is 0. The van der Waals surface area contributed by atoms with Crippen molar-refractivity contribution in [2.24, 2.45) is 11.3 Å². The first kappa shape index (κ1) is 20.8. The van der Waals surface area contributed by atoms with Crippen LogP contribution >= 0.6 is 0 Å². The average molecular weight is 272 g/mol. The van der Waals surface area contributed by atoms with Crippen molar-refractivity contribution in [1.82, 2.24) is 0 Å². The summed E-state index contributed by atoms with van der Waals surface area (Å²) in [4.78, 5) is 12.0. The molecule has 1 unspecified atom stereocenters. The van der Waals surface area contributed by atoms with Crippen LogP contribution in [0, 0.1) is 11.3 Å². The second-order valence-electron chi connectivity index (χ2n) is 5.48. The molecule has 0 bridgehead atoms. The Morgan fingerprint density at radius 2 is 1.37 bits per heavy atom. The Labute approximate surface area is 121 Å². The second kappa shape index (κ2) is 11.3. The Balaban J connectivity index is 0. The molecule has 1 saturated carbocycles. The van der Waals surface area contributed by atoms with Crippen molar-refractivity contribution >= 4 is 5.97 Å². The summed E-state index contributed by atoms with van der Waals surface area (Å²) in [7, 11) is 0. The molecule has 0 heterocycles. The Kier molecular flexibility index (Phi) is 12.4. The molecule has 2 nitrogen and oxygen atoms in total. The molecule has 0 amide bonds. The minimum Gasteiger partial charge on any atom is -0.462 e. The van der Waals surface area contributed by atoms with E-state index in [0.717, 1.165) is 12.8 Å². The van der Waals surface area contributed by atoms with E-state index >= 15 is 0 Å². The van der Waals surface area contributed by atoms with Crippen LogP contribution in [-0.2, 0) is 9.53 Å². The fourth-order valence-corrected chi connectivity index (χ4v) is 1.98. The molecule has 19 heavy (non-hydrogen) atoms. The first-order valence-corrected chi connectivity index (χ1v) is 8.17. The molecule has 1 atom stereocenters. The fourth-order valence-electron chi connectivity index (χ4n) is 1.98. The Morgan fingerprint density at radius 1 is 0.947 bits per heavy atom. The molecular formula is C17H36O2. The smallest absolute Gasteiger partial charge is 0.312 e. The van der Waals surface area contributed by atoms with Gasteiger partial charge >= 0.3 is 5.97 Å². The van der Waals surface area contributed by atoms with Crippen LogP contribution in [-0.4, -0.2) is 12.1 Å². The SMILES string of the molecule is CC.CC.CC(C)C(C)OC(=O)C1(C)CCCCC1. The Bertz CT molecular complexity index is 215. The van der Waals surface area contributed by atoms with Crippen LogP contribution in [0.3, 0.4) is 0 Å². The van der Waals surface area contributed by atoms with Crippen molar-refractivity contribution in [2.45, 2.75) is 93.6 Å². The second-order valence-corrected chi connectivity index (χ2v) is 5.48. The molecule has 1 fully saturated rings. The molecule has 0 N–H and O–H groups in total. The molecule has 1 aliphatic rings. The molecule has 1 aliphatic carbocycles. The van der Waals surface area contributed by atoms with Gasteiger partial charge in [-0.2, -0.15) is 0 Å². The summed E-state index contributed by atoms with van der Waals surface area (Å²) in [6, 6.07) is 0. The van der Waals surface area contributed by atoms with Crippen molar-refractivity contribution in [1.29, 1.82) is 0 Å². The molecule has 116 valence electrons. The van der Waals surface area contributed by atoms with Crippen LogP contribution in [0.25, 0.3) is 0 Å². The number of carbonyl (C=O) groups excluding carboxylic acids is 1. The number of hydrogen-bond acceptors (Lipinski definition) is 2. The van der Waals surface area contributed by atoms with Gasteiger partial charge < -0.3 is 4.74 Å². The maximum Gasteiger partial charge on any atom is 0.312 e. The van der Waals surface area contributed by atoms with Crippen LogP contribution in [0.4, 0.5) is 0 Å². The third-order valence-electron chi connectivity index (χ3n) is 3.68. The van der Waals surface area contributed by atoms with Crippen molar-refractivity contribution in [3.05, 3.63) is 0 Å². The summed E-state index contributed by atoms with van der Waals surface area (Å²) < 4.78 is 5.52. The third-order valence-corrected chi connectivity index (χ3v) is 3.68. The summed E-state index contributed by atoms with van der Waals surface area (Å²) in [5, 5.41) is 0. The Morgan fingerprint density at radius 3 is 1.74 bits per heavy atom. The number of esters is 1. The molecular weight excluding hydrogens is 236 g/mol. The minimum absolute atomic E-state index is 0.0170. The highest BCUT2D eigenvalue weighted by atomic mass is 16.5. The van der Waals surface area contributed by atoms with E-state index in [4.69, 9.17) is 4.74 Å². The van der Waals surface area contributed by atoms with Crippen LogP contribution < -0.4 is 0 Å². The summed E-state index contributed by atoms with van der Waals surface area (Å²) in [6.07, 6.45) is 5.63. The van der Waals surface area contributed by atoms with Gasteiger partial charge in [-0.15, -0.1) is 0 Å². The highest BCUT2D eigenvalue weighted by Gasteiger charge is 2.36. The molecule has 0 aromatic heterocycles. The van der Waals surface area contributed by atoms with Crippen molar-refractivity contribution in [2.75, 3.05) is 0 Å². The zero-order valence-electron chi connectivity index (χ0n) is 14.5. The minimum atomic E-state index is -0.207. The van der Waals surface area contributed by atoms with E-state index < -0.39 is 0 Å². The lowest BCUT2D eigenvalue weighted by Gasteiger charge is -2.32. The molecule has 1 rings (SSSR count). The van der Waals surface area contributed by atoms with Gasteiger partial charge in [-0.3, -0.25) is 4.79 Å². The van der Waals surface area contributed by atoms with Gasteiger partial charge in [-0.1, -0.05) is 60.8 Å². The zero-order valence-corrected chi connectivity index (χ0v) is 14.5. The summed E-state index contributed by atoms with van der Waals surface area (Å²) in [5.41, 5.74) is -0.207. The number of ether oxygens (including phenoxy) is 1. The van der Waals surface area contributed by atoms with Gasteiger partial charge in [0.2, 0.25) is 0 Å². The largest absolute Gasteiger partial charge is 0.462 e. The lowest BCUT2D eigenvalue weighted by atomic mass is 9.76. The Hall–Kier alpha value is -0.530. The molecule has 2 heteroatoms. The van der Waals surface area contributed by atoms with E-state index in [0.29, 0.717) is 5.92 Å². The van der Waals surface area contributed by atoms with Crippen LogP contribution in [0.2, 0.25) is 0 Å². The summed E-state index contributed by atoms with van der Waals surface area (Å²) in [5.74, 6) is 0.421. The predicted octanol–water partition coefficient (Wildman–Crippen LogP) is 5.60. The third kappa shape index (κ3) is 7.59. The summed E-state index contributed by atoms with van der Waals surface area (Å²) >= 11 is 0. The molecule has 0 radical (unpaired) electrons. The zero-order chi connectivity index (χ0) is 15.5. The number of rotatable bonds is 3. The molecule has 0 spiro atoms. The van der Waals surface area contributed by atoms with Crippen LogP contribution in [0.1, 0.15) is 87.5 Å². The van der Waals surface area contributed by atoms with Gasteiger partial charge in [0.1, 0.15) is 6.10 Å². The monoisotopic (exact) mass is 272 g/mol. The lowest BCUT2D eigenvalue weighted by Crippen LogP contribution is -2.35. The van der Waals surface area contributed by atoms with Gasteiger partial charge in [0.25, 0.3) is 0 Å². The first-order chi connectivity index (χ1) is 8.96. The van der Waals surface area contributed by atoms with E-state index in [9.17, 15) is 4.79 Å². The topological polar surface area (TPSA) is 26.3 Å². The molecule has 0 aromatic carbocycles. The fraction of sp³-hybridized carbons (Fsp3) is 0.941. The van der Waals surface area contributed by atoms with E-state index in [1.165, 1.54) is 19.3 Å². The highest BCUT2D eigenvalue weighted by Crippen LogP contribution is 2.37. The average Bonchev–Trinajstić information content (AvgIpc) is 2.44. The normalized spacial score (nSPS) is 18.4. The highest BCUT2D eigenvalue weighted by molar-refractivity contribution is 5.76. The van der Waals surface area contributed by atoms with Gasteiger partial charge in [0.15, 0.2) is 0 Å². The van der Waals surface area contributed by atoms with E-state index in [1.807, 2.05) is 34.6 Å². The van der Waals surface area contributed by atoms with Crippen LogP contribution in [0.15, 0.2) is 0 Å².